The third-order valence-electron chi connectivity index (χ3n) is 4.50. The number of halogens is 1. The molecule has 3 nitrogen and oxygen atoms in total. The van der Waals surface area contributed by atoms with E-state index in [1.54, 1.807) is 4.68 Å². The largest absolute Gasteiger partial charge is 0.330 e. The molecule has 0 saturated heterocycles. The van der Waals surface area contributed by atoms with Crippen LogP contribution in [0.4, 0.5) is 0 Å². The molecule has 1 aromatic carbocycles. The minimum atomic E-state index is 0.0844. The minimum absolute atomic E-state index is 0.0844. The van der Waals surface area contributed by atoms with Crippen LogP contribution in [0.15, 0.2) is 24.3 Å². The Morgan fingerprint density at radius 2 is 1.90 bits per heavy atom. The van der Waals surface area contributed by atoms with Gasteiger partial charge in [0.2, 0.25) is 0 Å². The van der Waals surface area contributed by atoms with Crippen LogP contribution in [0, 0.1) is 12.3 Å². The first kappa shape index (κ1) is 13.7. The van der Waals surface area contributed by atoms with Crippen LogP contribution < -0.4 is 5.73 Å². The van der Waals surface area contributed by atoms with E-state index in [1.807, 2.05) is 14.0 Å². The molecule has 0 radical (unpaired) electrons. The zero-order chi connectivity index (χ0) is 14.3. The van der Waals surface area contributed by atoms with Crippen LogP contribution >= 0.6 is 11.6 Å². The molecule has 2 aromatic rings. The Labute approximate surface area is 124 Å². The summed E-state index contributed by atoms with van der Waals surface area (Å²) in [4.78, 5) is 0. The number of rotatable bonds is 3. The quantitative estimate of drug-likeness (QED) is 0.944. The second-order valence-electron chi connectivity index (χ2n) is 5.98. The summed E-state index contributed by atoms with van der Waals surface area (Å²) in [6.45, 7) is 2.69. The third kappa shape index (κ3) is 2.15. The molecule has 1 heterocycles. The standard InChI is InChI=1S/C16H20ClN3/c1-11-14(15(17)20(2)19-11)9-16(10-18)7-12-5-3-4-6-13(12)8-16/h3-6H,7-10,18H2,1-2H3. The van der Waals surface area contributed by atoms with Crippen LogP contribution in [0.1, 0.15) is 22.4 Å². The molecule has 0 amide bonds. The molecule has 1 aromatic heterocycles. The summed E-state index contributed by atoms with van der Waals surface area (Å²) < 4.78 is 1.75. The highest BCUT2D eigenvalue weighted by molar-refractivity contribution is 6.30. The van der Waals surface area contributed by atoms with Gasteiger partial charge in [0.1, 0.15) is 5.15 Å². The van der Waals surface area contributed by atoms with Crippen molar-refractivity contribution in [3.8, 4) is 0 Å². The Bertz CT molecular complexity index is 620. The van der Waals surface area contributed by atoms with E-state index in [9.17, 15) is 0 Å². The van der Waals surface area contributed by atoms with E-state index in [0.717, 1.165) is 35.7 Å². The van der Waals surface area contributed by atoms with Gasteiger partial charge in [0.15, 0.2) is 0 Å². The summed E-state index contributed by atoms with van der Waals surface area (Å²) in [5.41, 5.74) is 11.2. The van der Waals surface area contributed by atoms with Crippen LogP contribution in [0.25, 0.3) is 0 Å². The lowest BCUT2D eigenvalue weighted by Crippen LogP contribution is -2.33. The lowest BCUT2D eigenvalue weighted by atomic mass is 9.79. The molecule has 1 aliphatic carbocycles. The Morgan fingerprint density at radius 3 is 2.35 bits per heavy atom. The summed E-state index contributed by atoms with van der Waals surface area (Å²) in [5.74, 6) is 0. The van der Waals surface area contributed by atoms with Crippen LogP contribution in [0.3, 0.4) is 0 Å². The summed E-state index contributed by atoms with van der Waals surface area (Å²) in [6.07, 6.45) is 2.96. The van der Waals surface area contributed by atoms with Gasteiger partial charge < -0.3 is 5.73 Å². The van der Waals surface area contributed by atoms with Crippen molar-refractivity contribution in [2.45, 2.75) is 26.2 Å². The van der Waals surface area contributed by atoms with Crippen LogP contribution in [-0.4, -0.2) is 16.3 Å². The molecule has 0 fully saturated rings. The second-order valence-corrected chi connectivity index (χ2v) is 6.34. The van der Waals surface area contributed by atoms with Crippen LogP contribution in [0.5, 0.6) is 0 Å². The molecular formula is C16H20ClN3. The average Bonchev–Trinajstić information content (AvgIpc) is 2.92. The predicted molar refractivity (Wildman–Crippen MR) is 82.0 cm³/mol. The number of nitrogens with two attached hydrogens (primary N) is 1. The number of fused-ring (bicyclic) bond motifs is 1. The first-order valence-electron chi connectivity index (χ1n) is 6.99. The molecule has 0 atom stereocenters. The van der Waals surface area contributed by atoms with Crippen molar-refractivity contribution >= 4 is 11.6 Å². The van der Waals surface area contributed by atoms with E-state index in [1.165, 1.54) is 11.1 Å². The highest BCUT2D eigenvalue weighted by Gasteiger charge is 2.37. The molecule has 0 spiro atoms. The van der Waals surface area contributed by atoms with E-state index in [2.05, 4.69) is 29.4 Å². The molecule has 0 saturated carbocycles. The number of aryl methyl sites for hydroxylation is 2. The van der Waals surface area contributed by atoms with Crippen molar-refractivity contribution in [1.29, 1.82) is 0 Å². The molecule has 3 rings (SSSR count). The Kier molecular flexibility index (Phi) is 3.35. The third-order valence-corrected chi connectivity index (χ3v) is 4.98. The zero-order valence-corrected chi connectivity index (χ0v) is 12.7. The smallest absolute Gasteiger partial charge is 0.130 e. The zero-order valence-electron chi connectivity index (χ0n) is 12.0. The van der Waals surface area contributed by atoms with Crippen LogP contribution in [-0.2, 0) is 26.3 Å². The highest BCUT2D eigenvalue weighted by atomic mass is 35.5. The van der Waals surface area contributed by atoms with Gasteiger partial charge in [0.05, 0.1) is 5.69 Å². The lowest BCUT2D eigenvalue weighted by Gasteiger charge is -2.27. The van der Waals surface area contributed by atoms with Gasteiger partial charge in [-0.15, -0.1) is 0 Å². The summed E-state index contributed by atoms with van der Waals surface area (Å²) in [7, 11) is 1.89. The molecule has 106 valence electrons. The summed E-state index contributed by atoms with van der Waals surface area (Å²) in [6, 6.07) is 8.64. The van der Waals surface area contributed by atoms with Crippen molar-refractivity contribution < 1.29 is 0 Å². The fraction of sp³-hybridized carbons (Fsp3) is 0.438. The predicted octanol–water partition coefficient (Wildman–Crippen LogP) is 2.67. The fourth-order valence-electron chi connectivity index (χ4n) is 3.36. The van der Waals surface area contributed by atoms with Gasteiger partial charge in [-0.3, -0.25) is 4.68 Å². The van der Waals surface area contributed by atoms with Gasteiger partial charge in [0.25, 0.3) is 0 Å². The average molecular weight is 290 g/mol. The van der Waals surface area contributed by atoms with Gasteiger partial charge in [-0.2, -0.15) is 5.10 Å². The topological polar surface area (TPSA) is 43.8 Å². The summed E-state index contributed by atoms with van der Waals surface area (Å²) >= 11 is 6.38. The summed E-state index contributed by atoms with van der Waals surface area (Å²) in [5, 5.41) is 5.15. The number of hydrogen-bond acceptors (Lipinski definition) is 2. The first-order chi connectivity index (χ1) is 9.54. The van der Waals surface area contributed by atoms with E-state index in [-0.39, 0.29) is 5.41 Å². The second kappa shape index (κ2) is 4.90. The Morgan fingerprint density at radius 1 is 1.30 bits per heavy atom. The van der Waals surface area contributed by atoms with Gasteiger partial charge in [-0.05, 0) is 49.3 Å². The minimum Gasteiger partial charge on any atom is -0.330 e. The normalized spacial score (nSPS) is 16.4. The van der Waals surface area contributed by atoms with E-state index in [0.29, 0.717) is 6.54 Å². The van der Waals surface area contributed by atoms with E-state index in [4.69, 9.17) is 17.3 Å². The number of hydrogen-bond donors (Lipinski definition) is 1. The highest BCUT2D eigenvalue weighted by Crippen LogP contribution is 2.40. The molecule has 0 aliphatic heterocycles. The molecule has 4 heteroatoms. The molecule has 0 unspecified atom stereocenters. The van der Waals surface area contributed by atoms with Crippen molar-refractivity contribution in [2.75, 3.05) is 6.54 Å². The Balaban J connectivity index is 1.93. The first-order valence-corrected chi connectivity index (χ1v) is 7.37. The Hall–Kier alpha value is -1.32. The van der Waals surface area contributed by atoms with Gasteiger partial charge in [-0.1, -0.05) is 35.9 Å². The maximum atomic E-state index is 6.38. The van der Waals surface area contributed by atoms with Crippen molar-refractivity contribution in [3.63, 3.8) is 0 Å². The van der Waals surface area contributed by atoms with Crippen molar-refractivity contribution in [2.24, 2.45) is 18.2 Å². The number of benzene rings is 1. The van der Waals surface area contributed by atoms with Gasteiger partial charge >= 0.3 is 0 Å². The van der Waals surface area contributed by atoms with Crippen LogP contribution in [0.2, 0.25) is 5.15 Å². The number of aromatic nitrogens is 2. The van der Waals surface area contributed by atoms with E-state index < -0.39 is 0 Å². The maximum Gasteiger partial charge on any atom is 0.130 e. The monoisotopic (exact) mass is 289 g/mol. The van der Waals surface area contributed by atoms with Crippen molar-refractivity contribution in [3.05, 3.63) is 51.8 Å². The molecular weight excluding hydrogens is 270 g/mol. The SMILES string of the molecule is Cc1nn(C)c(Cl)c1CC1(CN)Cc2ccccc2C1. The number of nitrogens with zero attached hydrogens (tertiary/aromatic N) is 2. The molecule has 1 aliphatic rings. The maximum absolute atomic E-state index is 6.38. The van der Waals surface area contributed by atoms with Crippen molar-refractivity contribution in [1.82, 2.24) is 9.78 Å². The molecule has 2 N–H and O–H groups in total. The van der Waals surface area contributed by atoms with Gasteiger partial charge in [-0.25, -0.2) is 0 Å². The molecule has 20 heavy (non-hydrogen) atoms. The fourth-order valence-corrected chi connectivity index (χ4v) is 3.61. The van der Waals surface area contributed by atoms with Gasteiger partial charge in [0, 0.05) is 12.6 Å². The van der Waals surface area contributed by atoms with E-state index >= 15 is 0 Å². The molecule has 0 bridgehead atoms. The lowest BCUT2D eigenvalue weighted by molar-refractivity contribution is 0.314.